The first-order chi connectivity index (χ1) is 11.5. The molecule has 2 heterocycles. The summed E-state index contributed by atoms with van der Waals surface area (Å²) in [5.41, 5.74) is 0.306. The Morgan fingerprint density at radius 3 is 2.79 bits per heavy atom. The highest BCUT2D eigenvalue weighted by molar-refractivity contribution is 7.94. The van der Waals surface area contributed by atoms with Crippen LogP contribution in [-0.4, -0.2) is 34.3 Å². The standard InChI is InChI=1S/C15H15NO6S2/c1-2-20-14(17)9-16(24(18,19)15-4-3-7-23-15)11-5-6-12-13(8-11)22-10-21-12/h3-8H,2,9-10H2,1H3. The molecule has 0 atom stereocenters. The van der Waals surface area contributed by atoms with Crippen LogP contribution in [0.5, 0.6) is 11.5 Å². The van der Waals surface area contributed by atoms with Gasteiger partial charge in [0.05, 0.1) is 12.3 Å². The molecule has 1 aliphatic rings. The molecule has 128 valence electrons. The number of ether oxygens (including phenoxy) is 3. The Bertz CT molecular complexity index is 832. The van der Waals surface area contributed by atoms with E-state index in [0.717, 1.165) is 15.6 Å². The number of anilines is 1. The fourth-order valence-corrected chi connectivity index (χ4v) is 4.70. The topological polar surface area (TPSA) is 82.1 Å². The lowest BCUT2D eigenvalue weighted by Gasteiger charge is -2.23. The van der Waals surface area contributed by atoms with Crippen LogP contribution in [0.4, 0.5) is 5.69 Å². The van der Waals surface area contributed by atoms with Crippen molar-refractivity contribution in [1.29, 1.82) is 0 Å². The number of fused-ring (bicyclic) bond motifs is 1. The van der Waals surface area contributed by atoms with Crippen molar-refractivity contribution in [3.8, 4) is 11.5 Å². The normalized spacial score (nSPS) is 12.9. The number of hydrogen-bond donors (Lipinski definition) is 0. The number of benzene rings is 1. The molecule has 1 aromatic heterocycles. The average molecular weight is 369 g/mol. The molecule has 0 bridgehead atoms. The summed E-state index contributed by atoms with van der Waals surface area (Å²) in [7, 11) is -3.89. The van der Waals surface area contributed by atoms with E-state index in [4.69, 9.17) is 14.2 Å². The highest BCUT2D eigenvalue weighted by Gasteiger charge is 2.29. The third-order valence-corrected chi connectivity index (χ3v) is 6.41. The summed E-state index contributed by atoms with van der Waals surface area (Å²) in [4.78, 5) is 11.9. The van der Waals surface area contributed by atoms with E-state index in [1.807, 2.05) is 0 Å². The van der Waals surface area contributed by atoms with Gasteiger partial charge in [0.1, 0.15) is 10.8 Å². The maximum atomic E-state index is 12.9. The summed E-state index contributed by atoms with van der Waals surface area (Å²) in [6.07, 6.45) is 0. The molecular weight excluding hydrogens is 354 g/mol. The van der Waals surface area contributed by atoms with Gasteiger partial charge in [-0.3, -0.25) is 9.10 Å². The van der Waals surface area contributed by atoms with Crippen molar-refractivity contribution < 1.29 is 27.4 Å². The van der Waals surface area contributed by atoms with E-state index in [2.05, 4.69) is 0 Å². The largest absolute Gasteiger partial charge is 0.465 e. The van der Waals surface area contributed by atoms with Gasteiger partial charge in [-0.05, 0) is 30.5 Å². The Kier molecular flexibility index (Phi) is 4.63. The van der Waals surface area contributed by atoms with Gasteiger partial charge in [0, 0.05) is 6.07 Å². The first kappa shape index (κ1) is 16.6. The lowest BCUT2D eigenvalue weighted by atomic mass is 10.3. The summed E-state index contributed by atoms with van der Waals surface area (Å²) >= 11 is 1.08. The second-order valence-electron chi connectivity index (χ2n) is 4.79. The van der Waals surface area contributed by atoms with Crippen LogP contribution >= 0.6 is 11.3 Å². The SMILES string of the molecule is CCOC(=O)CN(c1ccc2c(c1)OCO2)S(=O)(=O)c1cccs1. The first-order valence-corrected chi connectivity index (χ1v) is 9.46. The maximum absolute atomic E-state index is 12.9. The van der Waals surface area contributed by atoms with E-state index >= 15 is 0 Å². The number of sulfonamides is 1. The monoisotopic (exact) mass is 369 g/mol. The van der Waals surface area contributed by atoms with Crippen molar-refractivity contribution in [3.63, 3.8) is 0 Å². The molecule has 0 spiro atoms. The Morgan fingerprint density at radius 1 is 1.29 bits per heavy atom. The smallest absolute Gasteiger partial charge is 0.326 e. The van der Waals surface area contributed by atoms with Gasteiger partial charge in [-0.2, -0.15) is 0 Å². The molecule has 0 N–H and O–H groups in total. The molecule has 0 amide bonds. The van der Waals surface area contributed by atoms with Gasteiger partial charge >= 0.3 is 5.97 Å². The third-order valence-electron chi connectivity index (χ3n) is 3.26. The van der Waals surface area contributed by atoms with Gasteiger partial charge in [0.15, 0.2) is 11.5 Å². The number of carbonyl (C=O) groups is 1. The van der Waals surface area contributed by atoms with E-state index in [1.54, 1.807) is 30.5 Å². The predicted molar refractivity (Wildman–Crippen MR) is 88.0 cm³/mol. The van der Waals surface area contributed by atoms with Crippen LogP contribution in [0.1, 0.15) is 6.92 Å². The molecule has 0 saturated carbocycles. The molecule has 0 radical (unpaired) electrons. The minimum Gasteiger partial charge on any atom is -0.465 e. The molecule has 9 heteroatoms. The zero-order chi connectivity index (χ0) is 17.2. The summed E-state index contributed by atoms with van der Waals surface area (Å²) in [6, 6.07) is 7.84. The second-order valence-corrected chi connectivity index (χ2v) is 7.82. The van der Waals surface area contributed by atoms with Crippen LogP contribution in [0.15, 0.2) is 39.9 Å². The Balaban J connectivity index is 2.00. The Labute approximate surface area is 143 Å². The minimum atomic E-state index is -3.89. The minimum absolute atomic E-state index is 0.0777. The van der Waals surface area contributed by atoms with E-state index in [1.165, 1.54) is 12.1 Å². The van der Waals surface area contributed by atoms with E-state index in [9.17, 15) is 13.2 Å². The van der Waals surface area contributed by atoms with Gasteiger partial charge in [0.2, 0.25) is 6.79 Å². The summed E-state index contributed by atoms with van der Waals surface area (Å²) in [5, 5.41) is 1.66. The molecular formula is C15H15NO6S2. The number of rotatable bonds is 6. The Hall–Kier alpha value is -2.26. The highest BCUT2D eigenvalue weighted by atomic mass is 32.2. The third kappa shape index (κ3) is 3.17. The van der Waals surface area contributed by atoms with Crippen LogP contribution in [0.2, 0.25) is 0 Å². The number of carbonyl (C=O) groups excluding carboxylic acids is 1. The van der Waals surface area contributed by atoms with Crippen molar-refractivity contribution in [2.75, 3.05) is 24.2 Å². The fourth-order valence-electron chi connectivity index (χ4n) is 2.20. The van der Waals surface area contributed by atoms with Gasteiger partial charge < -0.3 is 14.2 Å². The quantitative estimate of drug-likeness (QED) is 0.726. The van der Waals surface area contributed by atoms with E-state index in [0.29, 0.717) is 17.2 Å². The van der Waals surface area contributed by atoms with Crippen LogP contribution in [-0.2, 0) is 19.6 Å². The van der Waals surface area contributed by atoms with Gasteiger partial charge in [-0.15, -0.1) is 11.3 Å². The first-order valence-electron chi connectivity index (χ1n) is 7.14. The molecule has 1 aliphatic heterocycles. The maximum Gasteiger partial charge on any atom is 0.326 e. The average Bonchev–Trinajstić information content (AvgIpc) is 3.23. The molecule has 3 rings (SSSR count). The predicted octanol–water partition coefficient (Wildman–Crippen LogP) is 2.24. The number of esters is 1. The highest BCUT2D eigenvalue weighted by Crippen LogP contribution is 2.37. The van der Waals surface area contributed by atoms with Crippen LogP contribution in [0, 0.1) is 0 Å². The van der Waals surface area contributed by atoms with Crippen molar-refractivity contribution in [2.45, 2.75) is 11.1 Å². The molecule has 0 aliphatic carbocycles. The number of thiophene rings is 1. The lowest BCUT2D eigenvalue weighted by Crippen LogP contribution is -2.36. The second kappa shape index (κ2) is 6.70. The van der Waals surface area contributed by atoms with Crippen LogP contribution in [0.3, 0.4) is 0 Å². The van der Waals surface area contributed by atoms with Crippen molar-refractivity contribution in [1.82, 2.24) is 0 Å². The number of hydrogen-bond acceptors (Lipinski definition) is 7. The zero-order valence-corrected chi connectivity index (χ0v) is 14.4. The fraction of sp³-hybridized carbons (Fsp3) is 0.267. The molecule has 0 unspecified atom stereocenters. The lowest BCUT2D eigenvalue weighted by molar-refractivity contribution is -0.141. The van der Waals surface area contributed by atoms with Crippen molar-refractivity contribution >= 4 is 33.0 Å². The molecule has 1 aromatic carbocycles. The summed E-state index contributed by atoms with van der Waals surface area (Å²) in [6.45, 7) is 1.49. The summed E-state index contributed by atoms with van der Waals surface area (Å²) < 4.78 is 42.4. The molecule has 2 aromatic rings. The number of nitrogens with zero attached hydrogens (tertiary/aromatic N) is 1. The molecule has 24 heavy (non-hydrogen) atoms. The van der Waals surface area contributed by atoms with Crippen molar-refractivity contribution in [2.24, 2.45) is 0 Å². The molecule has 0 fully saturated rings. The van der Waals surface area contributed by atoms with Gasteiger partial charge in [-0.25, -0.2) is 8.42 Å². The zero-order valence-electron chi connectivity index (χ0n) is 12.8. The Morgan fingerprint density at radius 2 is 2.08 bits per heavy atom. The van der Waals surface area contributed by atoms with Gasteiger partial charge in [-0.1, -0.05) is 6.07 Å². The molecule has 0 saturated heterocycles. The van der Waals surface area contributed by atoms with E-state index < -0.39 is 22.5 Å². The van der Waals surface area contributed by atoms with Crippen LogP contribution in [0.25, 0.3) is 0 Å². The van der Waals surface area contributed by atoms with Crippen molar-refractivity contribution in [3.05, 3.63) is 35.7 Å². The van der Waals surface area contributed by atoms with Crippen LogP contribution < -0.4 is 13.8 Å². The van der Waals surface area contributed by atoms with Gasteiger partial charge in [0.25, 0.3) is 10.0 Å². The molecule has 7 nitrogen and oxygen atoms in total. The summed E-state index contributed by atoms with van der Waals surface area (Å²) in [5.74, 6) is 0.335. The van der Waals surface area contributed by atoms with E-state index in [-0.39, 0.29) is 17.6 Å².